The Balaban J connectivity index is 1.65. The molecule has 0 bridgehead atoms. The Hall–Kier alpha value is -3.36. The van der Waals surface area contributed by atoms with Crippen molar-refractivity contribution in [3.63, 3.8) is 0 Å². The number of fused-ring (bicyclic) bond motifs is 1. The van der Waals surface area contributed by atoms with Crippen LogP contribution in [-0.2, 0) is 0 Å². The summed E-state index contributed by atoms with van der Waals surface area (Å²) in [6.45, 7) is 1.61. The largest absolute Gasteiger partial charge is 0.338 e. The van der Waals surface area contributed by atoms with Crippen LogP contribution in [0.15, 0.2) is 59.5 Å². The summed E-state index contributed by atoms with van der Waals surface area (Å²) in [6, 6.07) is 13.4. The normalized spacial score (nSPS) is 10.9. The smallest absolute Gasteiger partial charge is 0.307 e. The number of hydrogen-bond donors (Lipinski definition) is 2. The van der Waals surface area contributed by atoms with Gasteiger partial charge in [0, 0.05) is 5.69 Å². The van der Waals surface area contributed by atoms with E-state index in [1.54, 1.807) is 23.7 Å². The molecule has 0 saturated carbocycles. The molecule has 4 aromatic rings. The van der Waals surface area contributed by atoms with Gasteiger partial charge in [-0.05, 0) is 37.3 Å². The molecule has 2 N–H and O–H groups in total. The van der Waals surface area contributed by atoms with Gasteiger partial charge in [-0.15, -0.1) is 0 Å². The van der Waals surface area contributed by atoms with Gasteiger partial charge in [-0.25, -0.2) is 24.6 Å². The van der Waals surface area contributed by atoms with Crippen molar-refractivity contribution in [2.75, 3.05) is 10.7 Å². The average Bonchev–Trinajstić information content (AvgIpc) is 3.12. The Morgan fingerprint density at radius 2 is 1.83 bits per heavy atom. The van der Waals surface area contributed by atoms with Crippen LogP contribution in [0.3, 0.4) is 0 Å². The van der Waals surface area contributed by atoms with Crippen LogP contribution in [0.2, 0.25) is 10.0 Å². The molecule has 29 heavy (non-hydrogen) atoms. The maximum absolute atomic E-state index is 12.9. The molecule has 8 nitrogen and oxygen atoms in total. The fourth-order valence-corrected chi connectivity index (χ4v) is 3.09. The first-order chi connectivity index (χ1) is 13.9. The third kappa shape index (κ3) is 3.67. The van der Waals surface area contributed by atoms with Gasteiger partial charge >= 0.3 is 6.03 Å². The molecule has 0 saturated heterocycles. The number of urea groups is 1. The average molecular weight is 429 g/mol. The number of anilines is 1. The van der Waals surface area contributed by atoms with Crippen LogP contribution in [0.1, 0.15) is 5.82 Å². The van der Waals surface area contributed by atoms with Crippen molar-refractivity contribution in [1.29, 1.82) is 0 Å². The Kier molecular flexibility index (Phi) is 4.96. The molecule has 0 atom stereocenters. The van der Waals surface area contributed by atoms with Gasteiger partial charge < -0.3 is 5.32 Å². The molecule has 0 fully saturated rings. The summed E-state index contributed by atoms with van der Waals surface area (Å²) < 4.78 is 2.63. The zero-order valence-corrected chi connectivity index (χ0v) is 16.6. The molecule has 0 aliphatic heterocycles. The number of nitrogens with zero attached hydrogens (tertiary/aromatic N) is 4. The number of amides is 2. The monoisotopic (exact) mass is 428 g/mol. The highest BCUT2D eigenvalue weighted by atomic mass is 35.5. The molecule has 0 unspecified atom stereocenters. The Morgan fingerprint density at radius 1 is 1.07 bits per heavy atom. The van der Waals surface area contributed by atoms with Crippen molar-refractivity contribution in [1.82, 2.24) is 19.4 Å². The van der Waals surface area contributed by atoms with Gasteiger partial charge in [0.05, 0.1) is 21.9 Å². The van der Waals surface area contributed by atoms with Crippen molar-refractivity contribution < 1.29 is 4.79 Å². The molecular formula is C19H14Cl2N6O2. The molecule has 4 rings (SSSR count). The summed E-state index contributed by atoms with van der Waals surface area (Å²) in [5, 5.41) is 7.79. The topological polar surface area (TPSA) is 93.8 Å². The second kappa shape index (κ2) is 7.57. The van der Waals surface area contributed by atoms with Gasteiger partial charge in [-0.1, -0.05) is 41.4 Å². The lowest BCUT2D eigenvalue weighted by molar-refractivity contribution is 0.259. The Morgan fingerprint density at radius 3 is 2.55 bits per heavy atom. The first-order valence-corrected chi connectivity index (χ1v) is 9.25. The number of rotatable bonds is 3. The Bertz CT molecular complexity index is 1280. The minimum atomic E-state index is -0.634. The van der Waals surface area contributed by atoms with Gasteiger partial charge in [-0.3, -0.25) is 4.79 Å². The predicted octanol–water partition coefficient (Wildman–Crippen LogP) is 3.97. The van der Waals surface area contributed by atoms with Crippen LogP contribution < -0.4 is 16.3 Å². The predicted molar refractivity (Wildman–Crippen MR) is 113 cm³/mol. The van der Waals surface area contributed by atoms with E-state index >= 15 is 0 Å². The zero-order valence-electron chi connectivity index (χ0n) is 15.1. The lowest BCUT2D eigenvalue weighted by atomic mass is 10.3. The fourth-order valence-electron chi connectivity index (χ4n) is 2.80. The van der Waals surface area contributed by atoms with E-state index < -0.39 is 11.6 Å². The van der Waals surface area contributed by atoms with Crippen molar-refractivity contribution in [3.8, 4) is 5.69 Å². The van der Waals surface area contributed by atoms with Crippen molar-refractivity contribution in [2.24, 2.45) is 0 Å². The van der Waals surface area contributed by atoms with E-state index in [0.29, 0.717) is 27.2 Å². The van der Waals surface area contributed by atoms with E-state index in [-0.39, 0.29) is 5.39 Å². The standard InChI is InChI=1S/C19H14Cl2N6O2/c1-11-23-17-14(10-22-27(17)13-5-3-2-4-6-13)18(28)26(11)25-19(29)24-12-7-8-15(20)16(21)9-12/h2-10H,1H3,(H2,24,25,29). The van der Waals surface area contributed by atoms with Crippen molar-refractivity contribution in [2.45, 2.75) is 6.92 Å². The number of nitrogens with one attached hydrogen (secondary N) is 2. The SMILES string of the molecule is Cc1nc2c(cnn2-c2ccccc2)c(=O)n1NC(=O)Nc1ccc(Cl)c(Cl)c1. The van der Waals surface area contributed by atoms with Gasteiger partial charge in [0.2, 0.25) is 0 Å². The molecule has 2 heterocycles. The van der Waals surface area contributed by atoms with Gasteiger partial charge in [0.25, 0.3) is 5.56 Å². The third-order valence-corrected chi connectivity index (χ3v) is 4.90. The number of carbonyl (C=O) groups excluding carboxylic acids is 1. The highest BCUT2D eigenvalue weighted by molar-refractivity contribution is 6.42. The zero-order chi connectivity index (χ0) is 20.5. The van der Waals surface area contributed by atoms with E-state index in [4.69, 9.17) is 23.2 Å². The maximum atomic E-state index is 12.9. The quantitative estimate of drug-likeness (QED) is 0.515. The lowest BCUT2D eigenvalue weighted by Gasteiger charge is -2.12. The minimum absolute atomic E-state index is 0.272. The van der Waals surface area contributed by atoms with Gasteiger partial charge in [0.1, 0.15) is 11.2 Å². The number of hydrogen-bond acceptors (Lipinski definition) is 4. The summed E-state index contributed by atoms with van der Waals surface area (Å²) in [7, 11) is 0. The van der Waals surface area contributed by atoms with E-state index in [1.165, 1.54) is 12.3 Å². The minimum Gasteiger partial charge on any atom is -0.307 e. The molecule has 146 valence electrons. The second-order valence-electron chi connectivity index (χ2n) is 6.12. The van der Waals surface area contributed by atoms with E-state index in [2.05, 4.69) is 20.8 Å². The first-order valence-electron chi connectivity index (χ1n) is 8.50. The van der Waals surface area contributed by atoms with Gasteiger partial charge in [0.15, 0.2) is 5.65 Å². The molecule has 2 aromatic heterocycles. The van der Waals surface area contributed by atoms with E-state index in [9.17, 15) is 9.59 Å². The second-order valence-corrected chi connectivity index (χ2v) is 6.94. The third-order valence-electron chi connectivity index (χ3n) is 4.16. The number of halogens is 2. The summed E-state index contributed by atoms with van der Waals surface area (Å²) in [5.74, 6) is 0.296. The summed E-state index contributed by atoms with van der Waals surface area (Å²) in [4.78, 5) is 29.6. The van der Waals surface area contributed by atoms with E-state index in [0.717, 1.165) is 10.4 Å². The maximum Gasteiger partial charge on any atom is 0.338 e. The van der Waals surface area contributed by atoms with Gasteiger partial charge in [-0.2, -0.15) is 5.10 Å². The molecule has 10 heteroatoms. The van der Waals surface area contributed by atoms with Crippen LogP contribution in [-0.4, -0.2) is 25.5 Å². The van der Waals surface area contributed by atoms with Crippen molar-refractivity contribution >= 4 is 46.0 Å². The lowest BCUT2D eigenvalue weighted by Crippen LogP contribution is -2.37. The fraction of sp³-hybridized carbons (Fsp3) is 0.0526. The van der Waals surface area contributed by atoms with Crippen LogP contribution >= 0.6 is 23.2 Å². The molecule has 0 aliphatic rings. The summed E-state index contributed by atoms with van der Waals surface area (Å²) in [6.07, 6.45) is 1.42. The number of benzene rings is 2. The molecule has 0 radical (unpaired) electrons. The highest BCUT2D eigenvalue weighted by Crippen LogP contribution is 2.25. The van der Waals surface area contributed by atoms with Crippen LogP contribution in [0.5, 0.6) is 0 Å². The van der Waals surface area contributed by atoms with Crippen molar-refractivity contribution in [3.05, 3.63) is 81.0 Å². The van der Waals surface area contributed by atoms with Crippen LogP contribution in [0, 0.1) is 6.92 Å². The number of para-hydroxylation sites is 1. The summed E-state index contributed by atoms with van der Waals surface area (Å²) in [5.41, 5.74) is 3.64. The molecule has 0 aliphatic carbocycles. The van der Waals surface area contributed by atoms with Crippen LogP contribution in [0.4, 0.5) is 10.5 Å². The molecule has 2 amide bonds. The molecule has 0 spiro atoms. The highest BCUT2D eigenvalue weighted by Gasteiger charge is 2.15. The first kappa shape index (κ1) is 19.0. The van der Waals surface area contributed by atoms with E-state index in [1.807, 2.05) is 30.3 Å². The number of aryl methyl sites for hydroxylation is 1. The summed E-state index contributed by atoms with van der Waals surface area (Å²) >= 11 is 11.8. The Labute approximate surface area is 174 Å². The molecular weight excluding hydrogens is 415 g/mol. The molecule has 2 aromatic carbocycles. The number of carbonyl (C=O) groups is 1. The number of aromatic nitrogens is 4. The van der Waals surface area contributed by atoms with Crippen LogP contribution in [0.25, 0.3) is 16.7 Å².